The molecule has 7 N–H and O–H groups in total. The van der Waals surface area contributed by atoms with E-state index in [1.54, 1.807) is 0 Å². The van der Waals surface area contributed by atoms with Gasteiger partial charge in [-0.1, -0.05) is 0 Å². The molecule has 2 aliphatic heterocycles. The smallest absolute Gasteiger partial charge is 0.303 e. The highest BCUT2D eigenvalue weighted by Crippen LogP contribution is 2.41. The van der Waals surface area contributed by atoms with Crippen molar-refractivity contribution in [2.45, 2.75) is 82.2 Å². The van der Waals surface area contributed by atoms with Gasteiger partial charge in [-0.15, -0.1) is 0 Å². The molecule has 0 bridgehead atoms. The van der Waals surface area contributed by atoms with E-state index in [2.05, 4.69) is 0 Å². The first kappa shape index (κ1) is 31.7. The van der Waals surface area contributed by atoms with E-state index in [1.807, 2.05) is 0 Å². The van der Waals surface area contributed by atoms with Crippen LogP contribution in [0.1, 0.15) is 51.3 Å². The quantitative estimate of drug-likeness (QED) is 0.160. The molecule has 2 aromatic carbocycles. The van der Waals surface area contributed by atoms with Crippen molar-refractivity contribution in [3.8, 4) is 17.2 Å². The Morgan fingerprint density at radius 1 is 0.864 bits per heavy atom. The topological polar surface area (TPSA) is 239 Å². The summed E-state index contributed by atoms with van der Waals surface area (Å²) in [5.41, 5.74) is -0.706. The van der Waals surface area contributed by atoms with Crippen LogP contribution in [-0.2, 0) is 23.7 Å². The van der Waals surface area contributed by atoms with Crippen LogP contribution >= 0.6 is 0 Å². The van der Waals surface area contributed by atoms with Crippen LogP contribution in [0.5, 0.6) is 17.2 Å². The summed E-state index contributed by atoms with van der Waals surface area (Å²) in [5.74, 6) is -3.31. The van der Waals surface area contributed by atoms with Crippen LogP contribution in [0, 0.1) is 6.92 Å². The Hall–Kier alpha value is -3.67. The molecule has 0 radical (unpaired) electrons. The Balaban J connectivity index is 1.55. The molecule has 2 heterocycles. The molecule has 0 saturated carbocycles. The van der Waals surface area contributed by atoms with Gasteiger partial charge < -0.3 is 59.4 Å². The monoisotopic (exact) mass is 620 g/mol. The predicted octanol–water partition coefficient (Wildman–Crippen LogP) is -1.22. The summed E-state index contributed by atoms with van der Waals surface area (Å²) in [4.78, 5) is 38.6. The maximum Gasteiger partial charge on any atom is 0.303 e. The lowest BCUT2D eigenvalue weighted by Gasteiger charge is -2.46. The average molecular weight is 621 g/mol. The molecule has 15 nitrogen and oxygen atoms in total. The van der Waals surface area contributed by atoms with Gasteiger partial charge in [-0.25, -0.2) is 0 Å². The highest BCUT2D eigenvalue weighted by molar-refractivity contribution is 6.29. The largest absolute Gasteiger partial charge is 0.508 e. The minimum absolute atomic E-state index is 0.0219. The second-order valence-corrected chi connectivity index (χ2v) is 10.8. The molecular weight excluding hydrogens is 588 g/mol. The molecule has 1 aliphatic carbocycles. The number of hydrogen-bond donors (Lipinski definition) is 7. The zero-order chi connectivity index (χ0) is 32.2. The van der Waals surface area contributed by atoms with Crippen molar-refractivity contribution >= 4 is 17.5 Å². The Bertz CT molecular complexity index is 1470. The van der Waals surface area contributed by atoms with E-state index in [0.29, 0.717) is 0 Å². The number of aliphatic hydroxyl groups is 5. The van der Waals surface area contributed by atoms with E-state index in [9.17, 15) is 50.1 Å². The van der Waals surface area contributed by atoms with Gasteiger partial charge in [0.25, 0.3) is 0 Å². The van der Waals surface area contributed by atoms with Crippen LogP contribution in [0.15, 0.2) is 24.3 Å². The van der Waals surface area contributed by atoms with Crippen molar-refractivity contribution in [3.05, 3.63) is 52.1 Å². The number of benzene rings is 2. The lowest BCUT2D eigenvalue weighted by Crippen LogP contribution is -2.65. The van der Waals surface area contributed by atoms with Crippen molar-refractivity contribution in [2.24, 2.45) is 0 Å². The molecule has 3 aliphatic rings. The van der Waals surface area contributed by atoms with Crippen molar-refractivity contribution < 1.29 is 73.8 Å². The number of ether oxygens (including phenoxy) is 5. The van der Waals surface area contributed by atoms with Gasteiger partial charge in [0.05, 0.1) is 18.3 Å². The number of esters is 1. The summed E-state index contributed by atoms with van der Waals surface area (Å²) in [7, 11) is 0. The van der Waals surface area contributed by atoms with Crippen molar-refractivity contribution in [3.63, 3.8) is 0 Å². The number of hydrogen-bond acceptors (Lipinski definition) is 15. The molecule has 0 unspecified atom stereocenters. The van der Waals surface area contributed by atoms with E-state index in [1.165, 1.54) is 26.0 Å². The summed E-state index contributed by atoms with van der Waals surface area (Å²) in [6, 6.07) is 4.77. The van der Waals surface area contributed by atoms with Crippen LogP contribution in [0.2, 0.25) is 0 Å². The predicted molar refractivity (Wildman–Crippen MR) is 143 cm³/mol. The molecule has 238 valence electrons. The summed E-state index contributed by atoms with van der Waals surface area (Å²) < 4.78 is 28.4. The molecular formula is C29H32O15. The van der Waals surface area contributed by atoms with E-state index >= 15 is 0 Å². The number of ketones is 2. The Morgan fingerprint density at radius 3 is 2.23 bits per heavy atom. The van der Waals surface area contributed by atoms with Gasteiger partial charge in [0.15, 0.2) is 30.1 Å². The summed E-state index contributed by atoms with van der Waals surface area (Å²) in [5, 5.41) is 72.6. The van der Waals surface area contributed by atoms with Crippen molar-refractivity contribution in [1.82, 2.24) is 0 Å². The number of carbonyl (C=O) groups excluding carboxylic acids is 3. The van der Waals surface area contributed by atoms with Gasteiger partial charge in [0.1, 0.15) is 47.8 Å². The fraction of sp³-hybridized carbons (Fsp3) is 0.483. The number of carbonyl (C=O) groups is 3. The van der Waals surface area contributed by atoms with Gasteiger partial charge in [0.2, 0.25) is 6.29 Å². The van der Waals surface area contributed by atoms with Crippen LogP contribution in [0.4, 0.5) is 0 Å². The molecule has 15 heteroatoms. The Labute approximate surface area is 249 Å². The van der Waals surface area contributed by atoms with Crippen molar-refractivity contribution in [1.29, 1.82) is 0 Å². The molecule has 5 rings (SSSR count). The zero-order valence-electron chi connectivity index (χ0n) is 23.7. The highest BCUT2D eigenvalue weighted by atomic mass is 16.8. The molecule has 0 spiro atoms. The normalized spacial score (nSPS) is 33.4. The minimum Gasteiger partial charge on any atom is -0.508 e. The first-order chi connectivity index (χ1) is 20.7. The number of fused-ring (bicyclic) bond motifs is 2. The molecule has 2 saturated heterocycles. The number of phenolic OH excluding ortho intramolecular Hbond substituents is 2. The molecule has 0 amide bonds. The van der Waals surface area contributed by atoms with Gasteiger partial charge in [0, 0.05) is 29.2 Å². The molecule has 44 heavy (non-hydrogen) atoms. The first-order valence-electron chi connectivity index (χ1n) is 13.7. The van der Waals surface area contributed by atoms with Crippen LogP contribution < -0.4 is 4.74 Å². The Morgan fingerprint density at radius 2 is 1.57 bits per heavy atom. The van der Waals surface area contributed by atoms with Gasteiger partial charge >= 0.3 is 5.97 Å². The van der Waals surface area contributed by atoms with Crippen LogP contribution in [-0.4, -0.2) is 121 Å². The molecule has 2 fully saturated rings. The van der Waals surface area contributed by atoms with Gasteiger partial charge in [-0.3, -0.25) is 14.4 Å². The van der Waals surface area contributed by atoms with E-state index < -0.39 is 91.3 Å². The van der Waals surface area contributed by atoms with Gasteiger partial charge in [-0.05, 0) is 38.1 Å². The fourth-order valence-electron chi connectivity index (χ4n) is 5.49. The summed E-state index contributed by atoms with van der Waals surface area (Å²) in [6.07, 6.45) is -15.7. The van der Waals surface area contributed by atoms with E-state index in [0.717, 1.165) is 19.1 Å². The average Bonchev–Trinajstić information content (AvgIpc) is 2.98. The molecule has 0 aromatic heterocycles. The van der Waals surface area contributed by atoms with E-state index in [-0.39, 0.29) is 39.3 Å². The number of rotatable bonds is 6. The lowest BCUT2D eigenvalue weighted by atomic mass is 9.82. The zero-order valence-corrected chi connectivity index (χ0v) is 23.7. The molecule has 10 atom stereocenters. The van der Waals surface area contributed by atoms with Gasteiger partial charge in [-0.2, -0.15) is 0 Å². The third kappa shape index (κ3) is 5.41. The highest BCUT2D eigenvalue weighted by Gasteiger charge is 2.53. The van der Waals surface area contributed by atoms with Crippen LogP contribution in [0.3, 0.4) is 0 Å². The van der Waals surface area contributed by atoms with Crippen LogP contribution in [0.25, 0.3) is 0 Å². The third-order valence-electron chi connectivity index (χ3n) is 7.91. The molecule has 2 aromatic rings. The number of aliphatic hydroxyl groups excluding tert-OH is 5. The number of phenols is 2. The first-order valence-corrected chi connectivity index (χ1v) is 13.7. The minimum atomic E-state index is -1.82. The fourth-order valence-corrected chi connectivity index (χ4v) is 5.49. The summed E-state index contributed by atoms with van der Waals surface area (Å²) >= 11 is 0. The second-order valence-electron chi connectivity index (χ2n) is 10.8. The van der Waals surface area contributed by atoms with E-state index in [4.69, 9.17) is 23.7 Å². The third-order valence-corrected chi connectivity index (χ3v) is 7.91. The standard InChI is InChI=1S/C29H32O15/c1-9-16(7-15-18(19(9)33)22(36)13-5-4-12(32)6-14(13)21(15)35)42-29-27(26(41-11(3)31)23(37)17(8-30)43-29)44-28-25(39)24(38)20(34)10(2)40-28/h4-7,10,17,20,23-30,32-34,37-39H,8H2,1-3H3/t10-,17-,20-,23-,24+,25+,26+,27-,28+,29-/m1/s1. The maximum absolute atomic E-state index is 13.4. The number of aromatic hydroxyl groups is 2. The lowest BCUT2D eigenvalue weighted by molar-refractivity contribution is -0.355. The maximum atomic E-state index is 13.4. The summed E-state index contributed by atoms with van der Waals surface area (Å²) in [6.45, 7) is 3.04. The Kier molecular flexibility index (Phi) is 8.67. The van der Waals surface area contributed by atoms with Crippen molar-refractivity contribution in [2.75, 3.05) is 6.61 Å². The second kappa shape index (κ2) is 12.0. The SMILES string of the molecule is CC(=O)O[C@H]1[C@H](O)[C@@H](CO)O[C@@H](Oc2cc3c(c(O)c2C)C(=O)c2ccc(O)cc2C3=O)[C@@H]1O[C@@H]1O[C@H](C)[C@@H](O)[C@H](O)[C@@H]1O.